The molecule has 0 saturated heterocycles. The first-order valence-electron chi connectivity index (χ1n) is 7.11. The molecule has 0 aliphatic rings. The second kappa shape index (κ2) is 8.01. The summed E-state index contributed by atoms with van der Waals surface area (Å²) in [5.74, 6) is 0.696. The van der Waals surface area contributed by atoms with Gasteiger partial charge < -0.3 is 0 Å². The molecule has 6 heteroatoms. The van der Waals surface area contributed by atoms with Crippen LogP contribution in [0, 0.1) is 23.7 Å². The Morgan fingerprint density at radius 2 is 0.900 bits per heavy atom. The van der Waals surface area contributed by atoms with E-state index in [4.69, 9.17) is 9.05 Å². The van der Waals surface area contributed by atoms with Crippen molar-refractivity contribution in [2.45, 2.75) is 64.4 Å². The summed E-state index contributed by atoms with van der Waals surface area (Å²) in [5.41, 5.74) is 0. The lowest BCUT2D eigenvalue weighted by Crippen LogP contribution is -2.38. The van der Waals surface area contributed by atoms with Crippen molar-refractivity contribution in [2.24, 2.45) is 23.7 Å². The molecular weight excluding hydrogens is 407 g/mol. The van der Waals surface area contributed by atoms with E-state index < -0.39 is 17.3 Å². The molecule has 0 radical (unpaired) electrons. The largest absolute Gasteiger partial charge is 0.700 e. The molecule has 0 aliphatic heterocycles. The van der Waals surface area contributed by atoms with Gasteiger partial charge >= 0.3 is 8.25 Å². The van der Waals surface area contributed by atoms with Crippen molar-refractivity contribution in [3.05, 3.63) is 0 Å². The lowest BCUT2D eigenvalue weighted by atomic mass is 9.96. The summed E-state index contributed by atoms with van der Waals surface area (Å²) in [6.07, 6.45) is 0. The van der Waals surface area contributed by atoms with Gasteiger partial charge in [-0.2, -0.15) is 0 Å². The van der Waals surface area contributed by atoms with Gasteiger partial charge in [0, 0.05) is 4.57 Å². The Kier molecular flexibility index (Phi) is 8.40. The number of alkyl halides is 2. The van der Waals surface area contributed by atoms with Crippen molar-refractivity contribution in [1.29, 1.82) is 0 Å². The summed E-state index contributed by atoms with van der Waals surface area (Å²) in [6, 6.07) is 0. The Labute approximate surface area is 141 Å². The molecule has 20 heavy (non-hydrogen) atoms. The van der Waals surface area contributed by atoms with Gasteiger partial charge in [-0.3, -0.25) is 0 Å². The highest BCUT2D eigenvalue weighted by atomic mass is 79.9. The molecule has 0 saturated carbocycles. The zero-order valence-electron chi connectivity index (χ0n) is 13.7. The molecule has 0 aromatic heterocycles. The number of rotatable bonds is 8. The third-order valence-electron chi connectivity index (χ3n) is 3.58. The van der Waals surface area contributed by atoms with E-state index >= 15 is 0 Å². The molecule has 0 unspecified atom stereocenters. The van der Waals surface area contributed by atoms with E-state index in [1.54, 1.807) is 0 Å². The van der Waals surface area contributed by atoms with Crippen molar-refractivity contribution in [3.8, 4) is 0 Å². The average molecular weight is 435 g/mol. The molecule has 0 atom stereocenters. The number of hydrogen-bond acceptors (Lipinski definition) is 3. The van der Waals surface area contributed by atoms with Crippen molar-refractivity contribution < 1.29 is 13.6 Å². The Balaban J connectivity index is 5.02. The van der Waals surface area contributed by atoms with Gasteiger partial charge in [0.05, 0.1) is 0 Å². The van der Waals surface area contributed by atoms with Crippen LogP contribution in [0.1, 0.15) is 55.4 Å². The molecule has 0 aromatic carbocycles. The van der Waals surface area contributed by atoms with E-state index in [2.05, 4.69) is 31.9 Å². The van der Waals surface area contributed by atoms with Gasteiger partial charge in [-0.05, 0) is 55.5 Å². The van der Waals surface area contributed by atoms with Crippen molar-refractivity contribution in [3.63, 3.8) is 0 Å². The van der Waals surface area contributed by atoms with Crippen LogP contribution in [-0.2, 0) is 13.6 Å². The molecule has 0 N–H and O–H groups in total. The van der Waals surface area contributed by atoms with E-state index in [0.29, 0.717) is 0 Å². The van der Waals surface area contributed by atoms with Crippen molar-refractivity contribution in [1.82, 2.24) is 0 Å². The second-order valence-corrected chi connectivity index (χ2v) is 9.71. The molecule has 0 spiro atoms. The maximum atomic E-state index is 12.3. The molecule has 0 aliphatic carbocycles. The zero-order valence-corrected chi connectivity index (χ0v) is 17.8. The molecule has 0 amide bonds. The SMILES string of the molecule is CC(C)C(Br)(O[P+](=O)OC(Br)(C(C)C)C(C)C)C(C)C. The maximum absolute atomic E-state index is 12.3. The second-order valence-electron chi connectivity index (χ2n) is 6.42. The van der Waals surface area contributed by atoms with Crippen LogP contribution >= 0.6 is 40.1 Å². The van der Waals surface area contributed by atoms with Crippen LogP contribution < -0.4 is 0 Å². The van der Waals surface area contributed by atoms with Gasteiger partial charge in [0.25, 0.3) is 0 Å². The van der Waals surface area contributed by atoms with E-state index in [-0.39, 0.29) is 23.7 Å². The summed E-state index contributed by atoms with van der Waals surface area (Å²) >= 11 is 7.19. The molecule has 0 bridgehead atoms. The molecule has 0 fully saturated rings. The fourth-order valence-corrected chi connectivity index (χ4v) is 4.05. The van der Waals surface area contributed by atoms with E-state index in [1.807, 2.05) is 55.4 Å². The van der Waals surface area contributed by atoms with Gasteiger partial charge in [-0.1, -0.05) is 55.4 Å². The molecule has 0 heterocycles. The summed E-state index contributed by atoms with van der Waals surface area (Å²) in [4.78, 5) is 0. The first kappa shape index (κ1) is 21.0. The quantitative estimate of drug-likeness (QED) is 0.323. The topological polar surface area (TPSA) is 35.5 Å². The molecular formula is C14H28Br2O3P+. The van der Waals surface area contributed by atoms with Crippen molar-refractivity contribution in [2.75, 3.05) is 0 Å². The van der Waals surface area contributed by atoms with Crippen LogP contribution in [0.5, 0.6) is 0 Å². The minimum atomic E-state index is -2.23. The smallest absolute Gasteiger partial charge is 0.100 e. The fraction of sp³-hybridized carbons (Fsp3) is 1.00. The Morgan fingerprint density at radius 1 is 0.700 bits per heavy atom. The zero-order chi connectivity index (χ0) is 16.3. The summed E-state index contributed by atoms with van der Waals surface area (Å²) in [7, 11) is -2.23. The minimum Gasteiger partial charge on any atom is -0.100 e. The molecule has 120 valence electrons. The van der Waals surface area contributed by atoms with E-state index in [1.165, 1.54) is 0 Å². The number of hydrogen-bond donors (Lipinski definition) is 0. The van der Waals surface area contributed by atoms with E-state index in [9.17, 15) is 4.57 Å². The molecule has 0 aromatic rings. The third-order valence-corrected chi connectivity index (χ3v) is 8.97. The van der Waals surface area contributed by atoms with Gasteiger partial charge in [0.15, 0.2) is 9.02 Å². The minimum absolute atomic E-state index is 0.174. The van der Waals surface area contributed by atoms with Crippen LogP contribution in [0.25, 0.3) is 0 Å². The highest BCUT2D eigenvalue weighted by Gasteiger charge is 2.51. The monoisotopic (exact) mass is 433 g/mol. The third kappa shape index (κ3) is 5.01. The molecule has 3 nitrogen and oxygen atoms in total. The maximum Gasteiger partial charge on any atom is 0.700 e. The van der Waals surface area contributed by atoms with Crippen molar-refractivity contribution >= 4 is 40.1 Å². The van der Waals surface area contributed by atoms with Gasteiger partial charge in [0.2, 0.25) is 0 Å². The lowest BCUT2D eigenvalue weighted by Gasteiger charge is -2.32. The van der Waals surface area contributed by atoms with Crippen LogP contribution in [0.15, 0.2) is 0 Å². The Hall–Kier alpha value is 0.980. The summed E-state index contributed by atoms with van der Waals surface area (Å²) in [5, 5.41) is 0. The Morgan fingerprint density at radius 3 is 1.05 bits per heavy atom. The van der Waals surface area contributed by atoms with Crippen LogP contribution in [-0.4, -0.2) is 9.02 Å². The first-order valence-corrected chi connectivity index (χ1v) is 9.79. The first-order chi connectivity index (χ1) is 8.87. The summed E-state index contributed by atoms with van der Waals surface area (Å²) in [6.45, 7) is 16.3. The highest BCUT2D eigenvalue weighted by Crippen LogP contribution is 2.50. The van der Waals surface area contributed by atoms with Crippen LogP contribution in [0.4, 0.5) is 0 Å². The van der Waals surface area contributed by atoms with Gasteiger partial charge in [-0.25, -0.2) is 0 Å². The predicted octanol–water partition coefficient (Wildman–Crippen LogP) is 6.48. The highest BCUT2D eigenvalue weighted by molar-refractivity contribution is 9.10. The average Bonchev–Trinajstić information content (AvgIpc) is 2.27. The fourth-order valence-electron chi connectivity index (χ4n) is 2.00. The number of halogens is 2. The standard InChI is InChI=1S/C14H28Br2O3P/c1-9(2)13(15,10(3)4)18-20(17)19-14(16,11(5)6)12(7)8/h9-12H,1-8H3/q+1. The van der Waals surface area contributed by atoms with Gasteiger partial charge in [-0.15, -0.1) is 9.05 Å². The lowest BCUT2D eigenvalue weighted by molar-refractivity contribution is 0.0219. The van der Waals surface area contributed by atoms with Crippen LogP contribution in [0.3, 0.4) is 0 Å². The van der Waals surface area contributed by atoms with E-state index in [0.717, 1.165) is 0 Å². The normalized spacial score (nSPS) is 13.9. The summed E-state index contributed by atoms with van der Waals surface area (Å²) < 4.78 is 22.5. The predicted molar refractivity (Wildman–Crippen MR) is 92.4 cm³/mol. The Bertz CT molecular complexity index is 284. The van der Waals surface area contributed by atoms with Crippen LogP contribution in [0.2, 0.25) is 0 Å². The van der Waals surface area contributed by atoms with Gasteiger partial charge in [0.1, 0.15) is 0 Å². The molecule has 0 rings (SSSR count).